The summed E-state index contributed by atoms with van der Waals surface area (Å²) in [5, 5.41) is 0.926. The Hall–Kier alpha value is -1.88. The minimum absolute atomic E-state index is 0.0264. The highest BCUT2D eigenvalue weighted by molar-refractivity contribution is 6.31. The molecule has 3 rings (SSSR count). The van der Waals surface area contributed by atoms with E-state index in [1.165, 1.54) is 10.9 Å². The van der Waals surface area contributed by atoms with E-state index in [9.17, 15) is 9.59 Å². The zero-order valence-corrected chi connectivity index (χ0v) is 13.2. The molecule has 1 saturated heterocycles. The Morgan fingerprint density at radius 1 is 1.41 bits per heavy atom. The second kappa shape index (κ2) is 6.08. The highest BCUT2D eigenvalue weighted by Gasteiger charge is 2.23. The Balaban J connectivity index is 1.89. The lowest BCUT2D eigenvalue weighted by Gasteiger charge is -2.33. The van der Waals surface area contributed by atoms with Gasteiger partial charge in [0.1, 0.15) is 6.54 Å². The molecule has 0 radical (unpaired) electrons. The van der Waals surface area contributed by atoms with Gasteiger partial charge in [0.25, 0.3) is 5.56 Å². The fourth-order valence-corrected chi connectivity index (χ4v) is 3.12. The quantitative estimate of drug-likeness (QED) is 0.854. The first-order valence-electron chi connectivity index (χ1n) is 7.50. The van der Waals surface area contributed by atoms with Crippen LogP contribution in [0.15, 0.2) is 29.3 Å². The monoisotopic (exact) mass is 319 g/mol. The van der Waals surface area contributed by atoms with Crippen LogP contribution in [0.2, 0.25) is 5.02 Å². The third kappa shape index (κ3) is 2.86. The van der Waals surface area contributed by atoms with Crippen LogP contribution >= 0.6 is 11.6 Å². The maximum absolute atomic E-state index is 12.5. The lowest BCUT2D eigenvalue weighted by atomic mass is 10.0. The Morgan fingerprint density at radius 2 is 2.23 bits per heavy atom. The molecule has 116 valence electrons. The molecule has 0 saturated carbocycles. The number of piperidine rings is 1. The minimum atomic E-state index is -0.231. The maximum Gasteiger partial charge on any atom is 0.261 e. The summed E-state index contributed by atoms with van der Waals surface area (Å²) < 4.78 is 1.36. The molecule has 0 spiro atoms. The van der Waals surface area contributed by atoms with Crippen LogP contribution < -0.4 is 5.56 Å². The molecule has 1 atom stereocenters. The Labute approximate surface area is 133 Å². The van der Waals surface area contributed by atoms with Gasteiger partial charge in [0, 0.05) is 17.6 Å². The fraction of sp³-hybridized carbons (Fsp3) is 0.438. The maximum atomic E-state index is 12.5. The third-order valence-corrected chi connectivity index (χ3v) is 4.45. The van der Waals surface area contributed by atoms with Crippen molar-refractivity contribution in [2.24, 2.45) is 0 Å². The Morgan fingerprint density at radius 3 is 3.00 bits per heavy atom. The number of hydrogen-bond donors (Lipinski definition) is 0. The van der Waals surface area contributed by atoms with Gasteiger partial charge in [0.05, 0.1) is 17.2 Å². The number of likely N-dealkylation sites (tertiary alicyclic amines) is 1. The average molecular weight is 320 g/mol. The van der Waals surface area contributed by atoms with Crippen LogP contribution in [0.5, 0.6) is 0 Å². The molecule has 6 heteroatoms. The van der Waals surface area contributed by atoms with Crippen LogP contribution in [0.4, 0.5) is 0 Å². The predicted octanol–water partition coefficient (Wildman–Crippen LogP) is 2.45. The van der Waals surface area contributed by atoms with Gasteiger partial charge < -0.3 is 4.90 Å². The van der Waals surface area contributed by atoms with Crippen molar-refractivity contribution < 1.29 is 4.79 Å². The highest BCUT2D eigenvalue weighted by atomic mass is 35.5. The topological polar surface area (TPSA) is 55.2 Å². The Bertz CT molecular complexity index is 772. The summed E-state index contributed by atoms with van der Waals surface area (Å²) in [6.45, 7) is 2.85. The smallest absolute Gasteiger partial charge is 0.261 e. The molecule has 0 unspecified atom stereocenters. The van der Waals surface area contributed by atoms with E-state index in [1.54, 1.807) is 18.2 Å². The Kier molecular flexibility index (Phi) is 4.16. The van der Waals surface area contributed by atoms with Gasteiger partial charge in [-0.3, -0.25) is 14.2 Å². The number of benzene rings is 1. The summed E-state index contributed by atoms with van der Waals surface area (Å²) in [5.41, 5.74) is 0.356. The molecule has 0 aliphatic carbocycles. The van der Waals surface area contributed by atoms with E-state index >= 15 is 0 Å². The molecular formula is C16H18ClN3O2. The number of fused-ring (bicyclic) bond motifs is 1. The summed E-state index contributed by atoms with van der Waals surface area (Å²) in [6.07, 6.45) is 4.63. The summed E-state index contributed by atoms with van der Waals surface area (Å²) in [4.78, 5) is 31.0. The molecule has 1 aliphatic rings. The van der Waals surface area contributed by atoms with E-state index in [0.29, 0.717) is 15.9 Å². The van der Waals surface area contributed by atoms with Crippen molar-refractivity contribution in [1.82, 2.24) is 14.5 Å². The SMILES string of the molecule is C[C@@H]1CCCCN1C(=O)Cn1cnc2ccc(Cl)cc2c1=O. The molecule has 0 bridgehead atoms. The molecule has 1 aromatic heterocycles. The van der Waals surface area contributed by atoms with Crippen LogP contribution in [0, 0.1) is 0 Å². The third-order valence-electron chi connectivity index (χ3n) is 4.21. The van der Waals surface area contributed by atoms with Crippen LogP contribution in [0.1, 0.15) is 26.2 Å². The predicted molar refractivity (Wildman–Crippen MR) is 86.0 cm³/mol. The number of nitrogens with zero attached hydrogens (tertiary/aromatic N) is 3. The van der Waals surface area contributed by atoms with Crippen molar-refractivity contribution >= 4 is 28.4 Å². The van der Waals surface area contributed by atoms with Crippen LogP contribution in [-0.4, -0.2) is 32.9 Å². The molecule has 2 aromatic rings. The van der Waals surface area contributed by atoms with E-state index in [4.69, 9.17) is 11.6 Å². The summed E-state index contributed by atoms with van der Waals surface area (Å²) in [5.74, 6) is -0.0301. The fourth-order valence-electron chi connectivity index (χ4n) is 2.95. The number of amides is 1. The normalized spacial score (nSPS) is 18.6. The van der Waals surface area contributed by atoms with E-state index in [0.717, 1.165) is 25.8 Å². The van der Waals surface area contributed by atoms with Gasteiger partial charge in [0.15, 0.2) is 0 Å². The van der Waals surface area contributed by atoms with Gasteiger partial charge in [-0.1, -0.05) is 11.6 Å². The van der Waals surface area contributed by atoms with Crippen molar-refractivity contribution in [1.29, 1.82) is 0 Å². The molecule has 1 amide bonds. The van der Waals surface area contributed by atoms with Crippen LogP contribution in [0.3, 0.4) is 0 Å². The van der Waals surface area contributed by atoms with E-state index in [2.05, 4.69) is 11.9 Å². The minimum Gasteiger partial charge on any atom is -0.338 e. The molecule has 22 heavy (non-hydrogen) atoms. The van der Waals surface area contributed by atoms with Gasteiger partial charge in [-0.15, -0.1) is 0 Å². The van der Waals surface area contributed by atoms with Gasteiger partial charge in [0.2, 0.25) is 5.91 Å². The lowest BCUT2D eigenvalue weighted by Crippen LogP contribution is -2.44. The number of aromatic nitrogens is 2. The molecule has 1 fully saturated rings. The molecule has 0 N–H and O–H groups in total. The molecule has 2 heterocycles. The molecular weight excluding hydrogens is 302 g/mol. The van der Waals surface area contributed by atoms with Crippen molar-refractivity contribution in [2.45, 2.75) is 38.8 Å². The highest BCUT2D eigenvalue weighted by Crippen LogP contribution is 2.17. The second-order valence-corrected chi connectivity index (χ2v) is 6.21. The van der Waals surface area contributed by atoms with Crippen molar-refractivity contribution in [3.63, 3.8) is 0 Å². The molecule has 1 aromatic carbocycles. The largest absolute Gasteiger partial charge is 0.338 e. The van der Waals surface area contributed by atoms with E-state index in [1.807, 2.05) is 4.90 Å². The average Bonchev–Trinajstić information content (AvgIpc) is 2.51. The first-order valence-corrected chi connectivity index (χ1v) is 7.88. The zero-order chi connectivity index (χ0) is 15.7. The van der Waals surface area contributed by atoms with Crippen LogP contribution in [0.25, 0.3) is 10.9 Å². The lowest BCUT2D eigenvalue weighted by molar-refractivity contribution is -0.135. The first-order chi connectivity index (χ1) is 10.6. The van der Waals surface area contributed by atoms with Gasteiger partial charge >= 0.3 is 0 Å². The van der Waals surface area contributed by atoms with E-state index in [-0.39, 0.29) is 24.1 Å². The van der Waals surface area contributed by atoms with Crippen molar-refractivity contribution in [2.75, 3.05) is 6.54 Å². The number of hydrogen-bond acceptors (Lipinski definition) is 3. The molecule has 5 nitrogen and oxygen atoms in total. The number of carbonyl (C=O) groups is 1. The van der Waals surface area contributed by atoms with Gasteiger partial charge in [-0.05, 0) is 44.4 Å². The van der Waals surface area contributed by atoms with Gasteiger partial charge in [-0.25, -0.2) is 4.98 Å². The van der Waals surface area contributed by atoms with Crippen LogP contribution in [-0.2, 0) is 11.3 Å². The summed E-state index contributed by atoms with van der Waals surface area (Å²) in [6, 6.07) is 5.23. The van der Waals surface area contributed by atoms with Gasteiger partial charge in [-0.2, -0.15) is 0 Å². The first kappa shape index (κ1) is 15.0. The number of carbonyl (C=O) groups excluding carboxylic acids is 1. The summed E-state index contributed by atoms with van der Waals surface area (Å²) >= 11 is 5.94. The van der Waals surface area contributed by atoms with Crippen molar-refractivity contribution in [3.8, 4) is 0 Å². The second-order valence-electron chi connectivity index (χ2n) is 5.77. The molecule has 1 aliphatic heterocycles. The number of rotatable bonds is 2. The zero-order valence-electron chi connectivity index (χ0n) is 12.5. The number of halogens is 1. The standard InChI is InChI=1S/C16H18ClN3O2/c1-11-4-2-3-7-20(11)15(21)9-19-10-18-14-6-5-12(17)8-13(14)16(19)22/h5-6,8,10-11H,2-4,7,9H2,1H3/t11-/m1/s1. The van der Waals surface area contributed by atoms with E-state index < -0.39 is 0 Å². The summed E-state index contributed by atoms with van der Waals surface area (Å²) in [7, 11) is 0. The van der Waals surface area contributed by atoms with Crippen molar-refractivity contribution in [3.05, 3.63) is 39.9 Å².